The van der Waals surface area contributed by atoms with E-state index < -0.39 is 5.91 Å². The molecule has 100 valence electrons. The lowest BCUT2D eigenvalue weighted by molar-refractivity contribution is 0.0996. The maximum Gasteiger partial charge on any atom is 0.266 e. The minimum atomic E-state index is -0.550. The number of aromatic nitrogens is 2. The first kappa shape index (κ1) is 14.1. The van der Waals surface area contributed by atoms with Crippen molar-refractivity contribution in [3.63, 3.8) is 0 Å². The molecule has 0 saturated heterocycles. The summed E-state index contributed by atoms with van der Waals surface area (Å²) in [4.78, 5) is 13.9. The topological polar surface area (TPSA) is 63.8 Å². The molecule has 0 radical (unpaired) electrons. The van der Waals surface area contributed by atoms with Gasteiger partial charge in [0.1, 0.15) is 5.69 Å². The van der Waals surface area contributed by atoms with Gasteiger partial charge in [-0.25, -0.2) is 0 Å². The number of carbonyl (C=O) groups is 1. The van der Waals surface area contributed by atoms with Crippen LogP contribution in [0.15, 0.2) is 24.4 Å². The van der Waals surface area contributed by atoms with Gasteiger partial charge in [-0.1, -0.05) is 29.3 Å². The van der Waals surface area contributed by atoms with E-state index in [4.69, 9.17) is 41.2 Å². The van der Waals surface area contributed by atoms with Gasteiger partial charge in [0, 0.05) is 6.20 Å². The summed E-state index contributed by atoms with van der Waals surface area (Å²) in [6.07, 6.45) is 1.60. The van der Waals surface area contributed by atoms with Crippen molar-refractivity contribution >= 4 is 41.3 Å². The third-order valence-corrected chi connectivity index (χ3v) is 3.90. The highest BCUT2D eigenvalue weighted by Crippen LogP contribution is 2.27. The summed E-state index contributed by atoms with van der Waals surface area (Å²) in [5, 5.41) is 0.969. The highest BCUT2D eigenvalue weighted by atomic mass is 35.5. The fourth-order valence-electron chi connectivity index (χ4n) is 1.76. The van der Waals surface area contributed by atoms with Crippen LogP contribution in [-0.4, -0.2) is 15.5 Å². The van der Waals surface area contributed by atoms with Crippen molar-refractivity contribution in [3.05, 3.63) is 50.5 Å². The van der Waals surface area contributed by atoms with E-state index in [-0.39, 0.29) is 11.7 Å². The first-order valence-corrected chi connectivity index (χ1v) is 6.62. The Labute approximate surface area is 125 Å². The molecule has 2 rings (SSSR count). The van der Waals surface area contributed by atoms with E-state index in [1.54, 1.807) is 22.9 Å². The Hall–Kier alpha value is -1.30. The highest BCUT2D eigenvalue weighted by Gasteiger charge is 2.13. The van der Waals surface area contributed by atoms with Crippen molar-refractivity contribution < 1.29 is 4.79 Å². The van der Waals surface area contributed by atoms with Crippen molar-refractivity contribution in [2.24, 2.45) is 5.73 Å². The Kier molecular flexibility index (Phi) is 3.99. The number of H-pyrrole nitrogens is 1. The van der Waals surface area contributed by atoms with Crippen LogP contribution in [0.1, 0.15) is 29.0 Å². The molecule has 1 aromatic heterocycles. The Morgan fingerprint density at radius 3 is 2.63 bits per heavy atom. The average Bonchev–Trinajstić information content (AvgIpc) is 2.74. The third-order valence-electron chi connectivity index (χ3n) is 2.85. The third kappa shape index (κ3) is 2.83. The summed E-state index contributed by atoms with van der Waals surface area (Å²) in [6.45, 7) is 1.94. The molecule has 1 heterocycles. The van der Waals surface area contributed by atoms with E-state index in [0.29, 0.717) is 14.8 Å². The van der Waals surface area contributed by atoms with Gasteiger partial charge in [-0.15, -0.1) is 0 Å². The van der Waals surface area contributed by atoms with Crippen LogP contribution in [0.4, 0.5) is 0 Å². The molecular weight excluding hydrogens is 305 g/mol. The van der Waals surface area contributed by atoms with Crippen LogP contribution in [0.25, 0.3) is 0 Å². The van der Waals surface area contributed by atoms with Crippen LogP contribution in [0.5, 0.6) is 0 Å². The number of imidazole rings is 1. The number of nitrogens with two attached hydrogens (primary N) is 1. The van der Waals surface area contributed by atoms with Crippen LogP contribution in [0.2, 0.25) is 10.0 Å². The zero-order valence-electron chi connectivity index (χ0n) is 9.98. The summed E-state index contributed by atoms with van der Waals surface area (Å²) in [7, 11) is 0. The minimum Gasteiger partial charge on any atom is -0.364 e. The van der Waals surface area contributed by atoms with Gasteiger partial charge in [-0.05, 0) is 36.8 Å². The van der Waals surface area contributed by atoms with Crippen LogP contribution in [0.3, 0.4) is 0 Å². The van der Waals surface area contributed by atoms with E-state index in [1.807, 2.05) is 13.0 Å². The lowest BCUT2D eigenvalue weighted by Crippen LogP contribution is -2.11. The van der Waals surface area contributed by atoms with Gasteiger partial charge in [0.2, 0.25) is 0 Å². The first-order valence-electron chi connectivity index (χ1n) is 5.46. The number of amides is 1. The molecule has 3 N–H and O–H groups in total. The number of carbonyl (C=O) groups excluding carboxylic acids is 1. The molecular formula is C12H11Cl2N3OS. The van der Waals surface area contributed by atoms with Gasteiger partial charge in [0.05, 0.1) is 16.1 Å². The second-order valence-corrected chi connectivity index (χ2v) is 5.30. The van der Waals surface area contributed by atoms with Crippen molar-refractivity contribution in [2.45, 2.75) is 13.0 Å². The maximum atomic E-state index is 11.1. The molecule has 0 bridgehead atoms. The number of primary amides is 1. The lowest BCUT2D eigenvalue weighted by Gasteiger charge is -2.14. The number of aromatic amines is 1. The molecule has 0 aliphatic carbocycles. The predicted octanol–water partition coefficient (Wildman–Crippen LogP) is 3.56. The van der Waals surface area contributed by atoms with Gasteiger partial charge in [-0.3, -0.25) is 4.79 Å². The average molecular weight is 316 g/mol. The summed E-state index contributed by atoms with van der Waals surface area (Å²) >= 11 is 17.0. The Morgan fingerprint density at radius 2 is 2.11 bits per heavy atom. The quantitative estimate of drug-likeness (QED) is 0.850. The predicted molar refractivity (Wildman–Crippen MR) is 78.4 cm³/mol. The molecule has 0 fully saturated rings. The zero-order chi connectivity index (χ0) is 14.2. The van der Waals surface area contributed by atoms with Crippen molar-refractivity contribution in [3.8, 4) is 0 Å². The van der Waals surface area contributed by atoms with Gasteiger partial charge < -0.3 is 15.3 Å². The number of nitrogens with one attached hydrogen (secondary N) is 1. The fraction of sp³-hybridized carbons (Fsp3) is 0.167. The first-order chi connectivity index (χ1) is 8.90. The molecule has 4 nitrogen and oxygen atoms in total. The monoisotopic (exact) mass is 315 g/mol. The summed E-state index contributed by atoms with van der Waals surface area (Å²) in [5.74, 6) is -0.550. The molecule has 0 saturated carbocycles. The number of nitrogens with zero attached hydrogens (tertiary/aromatic N) is 1. The highest BCUT2D eigenvalue weighted by molar-refractivity contribution is 7.71. The molecule has 0 spiro atoms. The molecule has 0 aliphatic rings. The van der Waals surface area contributed by atoms with Crippen LogP contribution in [0, 0.1) is 4.77 Å². The molecule has 0 aliphatic heterocycles. The van der Waals surface area contributed by atoms with Gasteiger partial charge in [0.25, 0.3) is 5.91 Å². The Morgan fingerprint density at radius 1 is 1.42 bits per heavy atom. The summed E-state index contributed by atoms with van der Waals surface area (Å²) in [5.41, 5.74) is 6.42. The number of hydrogen-bond donors (Lipinski definition) is 2. The molecule has 19 heavy (non-hydrogen) atoms. The Balaban J connectivity index is 2.43. The van der Waals surface area contributed by atoms with Crippen LogP contribution in [-0.2, 0) is 0 Å². The zero-order valence-corrected chi connectivity index (χ0v) is 12.3. The number of benzene rings is 1. The van der Waals surface area contributed by atoms with Gasteiger partial charge >= 0.3 is 0 Å². The Bertz CT molecular complexity index is 693. The molecule has 2 aromatic rings. The molecule has 7 heteroatoms. The van der Waals surface area contributed by atoms with E-state index in [9.17, 15) is 4.79 Å². The van der Waals surface area contributed by atoms with E-state index in [2.05, 4.69) is 4.98 Å². The molecule has 1 amide bonds. The summed E-state index contributed by atoms with van der Waals surface area (Å²) < 4.78 is 2.17. The minimum absolute atomic E-state index is 0.0911. The molecule has 1 aromatic carbocycles. The lowest BCUT2D eigenvalue weighted by atomic mass is 10.1. The fourth-order valence-corrected chi connectivity index (χ4v) is 2.38. The SMILES string of the molecule is CC(c1ccc(Cl)c(Cl)c1)n1cc(C(N)=O)[nH]c1=S. The second-order valence-electron chi connectivity index (χ2n) is 4.09. The van der Waals surface area contributed by atoms with Crippen LogP contribution >= 0.6 is 35.4 Å². The standard InChI is InChI=1S/C12H11Cl2N3OS/c1-6(7-2-3-8(13)9(14)4-7)17-5-10(11(15)18)16-12(17)19/h2-6H,1H3,(H2,15,18)(H,16,19). The largest absolute Gasteiger partial charge is 0.364 e. The molecule has 1 unspecified atom stereocenters. The van der Waals surface area contributed by atoms with Crippen molar-refractivity contribution in [2.75, 3.05) is 0 Å². The number of hydrogen-bond acceptors (Lipinski definition) is 2. The van der Waals surface area contributed by atoms with Crippen molar-refractivity contribution in [1.82, 2.24) is 9.55 Å². The normalized spacial score (nSPS) is 12.4. The smallest absolute Gasteiger partial charge is 0.266 e. The van der Waals surface area contributed by atoms with E-state index >= 15 is 0 Å². The van der Waals surface area contributed by atoms with E-state index in [0.717, 1.165) is 5.56 Å². The van der Waals surface area contributed by atoms with Gasteiger partial charge in [-0.2, -0.15) is 0 Å². The number of halogens is 2. The van der Waals surface area contributed by atoms with E-state index in [1.165, 1.54) is 0 Å². The van der Waals surface area contributed by atoms with Gasteiger partial charge in [0.15, 0.2) is 4.77 Å². The molecule has 1 atom stereocenters. The number of rotatable bonds is 3. The van der Waals surface area contributed by atoms with Crippen LogP contribution < -0.4 is 5.73 Å². The maximum absolute atomic E-state index is 11.1. The van der Waals surface area contributed by atoms with Crippen molar-refractivity contribution in [1.29, 1.82) is 0 Å². The summed E-state index contributed by atoms with van der Waals surface area (Å²) in [6, 6.07) is 5.26. The second kappa shape index (κ2) is 5.36.